The van der Waals surface area contributed by atoms with E-state index in [9.17, 15) is 9.46 Å². The van der Waals surface area contributed by atoms with E-state index in [0.29, 0.717) is 6.16 Å². The Morgan fingerprint density at radius 1 is 0.815 bits per heavy atom. The fourth-order valence-electron chi connectivity index (χ4n) is 4.21. The van der Waals surface area contributed by atoms with E-state index >= 15 is 0 Å². The van der Waals surface area contributed by atoms with Gasteiger partial charge in [0, 0.05) is 29.9 Å². The Balaban J connectivity index is 1.76. The molecule has 2 unspecified atom stereocenters. The highest BCUT2D eigenvalue weighted by atomic mass is 31.2. The van der Waals surface area contributed by atoms with Crippen LogP contribution in [0.3, 0.4) is 0 Å². The quantitative estimate of drug-likeness (QED) is 0.650. The van der Waals surface area contributed by atoms with Crippen molar-refractivity contribution in [1.29, 1.82) is 0 Å². The molecule has 139 valence electrons. The van der Waals surface area contributed by atoms with Gasteiger partial charge in [-0.15, -0.1) is 0 Å². The van der Waals surface area contributed by atoms with Crippen molar-refractivity contribution in [2.75, 3.05) is 12.3 Å². The maximum absolute atomic E-state index is 14.4. The molecule has 2 nitrogen and oxygen atoms in total. The molecule has 4 heteroatoms. The van der Waals surface area contributed by atoms with Gasteiger partial charge in [-0.2, -0.15) is 0 Å². The van der Waals surface area contributed by atoms with Crippen LogP contribution in [0.1, 0.15) is 12.8 Å². The Labute approximate surface area is 162 Å². The topological polar surface area (TPSA) is 37.3 Å². The molecular weight excluding hydrogens is 370 g/mol. The SMILES string of the molecule is O=P(CC1CCC[P]1(O)c1ccccc1)(c1ccccc1)c1ccccc1. The Morgan fingerprint density at radius 2 is 1.30 bits per heavy atom. The highest BCUT2D eigenvalue weighted by Gasteiger charge is 2.44. The lowest BCUT2D eigenvalue weighted by atomic mass is 10.3. The van der Waals surface area contributed by atoms with Gasteiger partial charge in [0.25, 0.3) is 0 Å². The summed E-state index contributed by atoms with van der Waals surface area (Å²) in [5.41, 5.74) is 0.0890. The minimum atomic E-state index is -2.81. The van der Waals surface area contributed by atoms with Crippen LogP contribution >= 0.6 is 14.6 Å². The molecule has 3 aromatic carbocycles. The molecule has 0 bridgehead atoms. The van der Waals surface area contributed by atoms with Gasteiger partial charge in [-0.05, 0) is 24.3 Å². The molecule has 2 atom stereocenters. The van der Waals surface area contributed by atoms with E-state index in [2.05, 4.69) is 0 Å². The third kappa shape index (κ3) is 3.55. The van der Waals surface area contributed by atoms with Crippen LogP contribution in [-0.2, 0) is 4.57 Å². The van der Waals surface area contributed by atoms with Gasteiger partial charge < -0.3 is 9.46 Å². The van der Waals surface area contributed by atoms with E-state index in [-0.39, 0.29) is 5.66 Å². The van der Waals surface area contributed by atoms with Gasteiger partial charge in [-0.1, -0.05) is 91.0 Å². The average molecular weight is 395 g/mol. The van der Waals surface area contributed by atoms with Crippen molar-refractivity contribution in [3.63, 3.8) is 0 Å². The summed E-state index contributed by atoms with van der Waals surface area (Å²) in [6, 6.07) is 29.7. The van der Waals surface area contributed by atoms with Gasteiger partial charge >= 0.3 is 0 Å². The van der Waals surface area contributed by atoms with Crippen molar-refractivity contribution in [2.45, 2.75) is 18.5 Å². The van der Waals surface area contributed by atoms with Crippen LogP contribution in [0, 0.1) is 0 Å². The molecule has 1 N–H and O–H groups in total. The van der Waals surface area contributed by atoms with Gasteiger partial charge in [0.2, 0.25) is 0 Å². The predicted octanol–water partition coefficient (Wildman–Crippen LogP) is 4.41. The highest BCUT2D eigenvalue weighted by molar-refractivity contribution is 7.82. The second-order valence-electron chi connectivity index (χ2n) is 7.28. The third-order valence-electron chi connectivity index (χ3n) is 5.66. The monoisotopic (exact) mass is 395 g/mol. The molecule has 0 aromatic heterocycles. The second kappa shape index (κ2) is 7.72. The second-order valence-corrected chi connectivity index (χ2v) is 13.5. The number of benzene rings is 3. The highest BCUT2D eigenvalue weighted by Crippen LogP contribution is 2.67. The maximum Gasteiger partial charge on any atom is 0.143 e. The lowest BCUT2D eigenvalue weighted by Crippen LogP contribution is -2.28. The minimum Gasteiger partial charge on any atom is -0.375 e. The summed E-state index contributed by atoms with van der Waals surface area (Å²) in [6.07, 6.45) is 3.34. The van der Waals surface area contributed by atoms with Crippen LogP contribution in [-0.4, -0.2) is 22.9 Å². The Bertz CT molecular complexity index is 885. The summed E-state index contributed by atoms with van der Waals surface area (Å²) in [5, 5.41) is 2.84. The van der Waals surface area contributed by atoms with Gasteiger partial charge in [-0.3, -0.25) is 0 Å². The molecule has 1 fully saturated rings. The van der Waals surface area contributed by atoms with Crippen molar-refractivity contribution in [1.82, 2.24) is 0 Å². The van der Waals surface area contributed by atoms with Crippen LogP contribution in [0.4, 0.5) is 0 Å². The zero-order valence-corrected chi connectivity index (χ0v) is 17.1. The van der Waals surface area contributed by atoms with E-state index in [4.69, 9.17) is 0 Å². The molecule has 3 aromatic rings. The molecule has 0 saturated carbocycles. The normalized spacial score (nSPS) is 22.6. The minimum absolute atomic E-state index is 0.0890. The molecule has 4 rings (SSSR count). The van der Waals surface area contributed by atoms with Crippen molar-refractivity contribution in [2.24, 2.45) is 0 Å². The van der Waals surface area contributed by atoms with Gasteiger partial charge in [0.15, 0.2) is 0 Å². The first-order valence-electron chi connectivity index (χ1n) is 9.49. The van der Waals surface area contributed by atoms with Crippen LogP contribution in [0.25, 0.3) is 0 Å². The molecule has 27 heavy (non-hydrogen) atoms. The van der Waals surface area contributed by atoms with Crippen molar-refractivity contribution in [3.8, 4) is 0 Å². The van der Waals surface area contributed by atoms with Crippen LogP contribution in [0.5, 0.6) is 0 Å². The fourth-order valence-corrected chi connectivity index (χ4v) is 11.8. The molecule has 1 radical (unpaired) electrons. The summed E-state index contributed by atoms with van der Waals surface area (Å²) in [7, 11) is -5.10. The summed E-state index contributed by atoms with van der Waals surface area (Å²) in [4.78, 5) is 11.7. The first kappa shape index (κ1) is 18.6. The Kier molecular flexibility index (Phi) is 5.33. The zero-order chi connectivity index (χ0) is 18.7. The van der Waals surface area contributed by atoms with E-state index in [1.54, 1.807) is 0 Å². The molecule has 0 amide bonds. The summed E-state index contributed by atoms with van der Waals surface area (Å²) in [5.74, 6) is 0. The van der Waals surface area contributed by atoms with Crippen molar-refractivity contribution >= 4 is 30.5 Å². The Morgan fingerprint density at radius 3 is 1.81 bits per heavy atom. The lowest BCUT2D eigenvalue weighted by molar-refractivity contribution is 0.580. The third-order valence-corrected chi connectivity index (χ3v) is 13.0. The first-order valence-corrected chi connectivity index (χ1v) is 13.4. The first-order chi connectivity index (χ1) is 13.1. The van der Waals surface area contributed by atoms with Crippen LogP contribution in [0.2, 0.25) is 0 Å². The molecule has 1 aliphatic heterocycles. The van der Waals surface area contributed by atoms with E-state index in [1.165, 1.54) is 0 Å². The zero-order valence-electron chi connectivity index (χ0n) is 15.3. The number of hydrogen-bond acceptors (Lipinski definition) is 2. The van der Waals surface area contributed by atoms with Crippen LogP contribution in [0.15, 0.2) is 91.0 Å². The maximum atomic E-state index is 14.4. The lowest BCUT2D eigenvalue weighted by Gasteiger charge is -2.35. The van der Waals surface area contributed by atoms with Crippen molar-refractivity contribution < 1.29 is 9.46 Å². The van der Waals surface area contributed by atoms with E-state index < -0.39 is 14.6 Å². The summed E-state index contributed by atoms with van der Waals surface area (Å²) < 4.78 is 14.4. The molecule has 0 aliphatic carbocycles. The van der Waals surface area contributed by atoms with Crippen LogP contribution < -0.4 is 15.9 Å². The van der Waals surface area contributed by atoms with Gasteiger partial charge in [-0.25, -0.2) is 0 Å². The van der Waals surface area contributed by atoms with Crippen molar-refractivity contribution in [3.05, 3.63) is 91.0 Å². The molecular formula is C23H25O2P2. The van der Waals surface area contributed by atoms with E-state index in [1.807, 2.05) is 91.0 Å². The largest absolute Gasteiger partial charge is 0.375 e. The van der Waals surface area contributed by atoms with Gasteiger partial charge in [0.05, 0.1) is 0 Å². The standard InChI is InChI=1S/C23H25O2P2/c24-26(20-11-4-1-5-12-20)18-10-17-23(26)19-27(25,21-13-6-2-7-14-21)22-15-8-3-9-16-22/h1-9,11-16,23-24H,10,17-19H2. The number of rotatable bonds is 5. The summed E-state index contributed by atoms with van der Waals surface area (Å²) in [6.45, 7) is 0. The summed E-state index contributed by atoms with van der Waals surface area (Å²) >= 11 is 0. The van der Waals surface area contributed by atoms with E-state index in [0.717, 1.165) is 34.9 Å². The Hall–Kier alpha value is -1.72. The predicted molar refractivity (Wildman–Crippen MR) is 118 cm³/mol. The van der Waals surface area contributed by atoms with Gasteiger partial charge in [0.1, 0.15) is 7.14 Å². The average Bonchev–Trinajstić information content (AvgIpc) is 3.11. The molecule has 1 saturated heterocycles. The molecule has 0 spiro atoms. The molecule has 1 heterocycles. The number of hydrogen-bond donors (Lipinski definition) is 1. The smallest absolute Gasteiger partial charge is 0.143 e. The molecule has 1 aliphatic rings. The fraction of sp³-hybridized carbons (Fsp3) is 0.217.